The molecule has 158 valence electrons. The second-order valence-corrected chi connectivity index (χ2v) is 6.29. The Morgan fingerprint density at radius 1 is 0.968 bits per heavy atom. The molecule has 0 atom stereocenters. The van der Waals surface area contributed by atoms with Crippen molar-refractivity contribution >= 4 is 23.7 Å². The SMILES string of the molecule is O=C(O)CNC(=O)c1cnc(NC(=O)Cc2ccc(Oc3ccccc3)cc2)nc1O. The number of rotatable bonds is 8. The van der Waals surface area contributed by atoms with Crippen LogP contribution >= 0.6 is 0 Å². The second kappa shape index (κ2) is 9.83. The molecule has 3 aromatic rings. The Bertz CT molecular complexity index is 1090. The van der Waals surface area contributed by atoms with E-state index in [1.165, 1.54) is 0 Å². The number of aromatic nitrogens is 2. The van der Waals surface area contributed by atoms with Gasteiger partial charge in [-0.25, -0.2) is 4.98 Å². The minimum atomic E-state index is -1.24. The smallest absolute Gasteiger partial charge is 0.322 e. The number of aromatic hydroxyl groups is 1. The van der Waals surface area contributed by atoms with Crippen molar-refractivity contribution in [2.75, 3.05) is 11.9 Å². The summed E-state index contributed by atoms with van der Waals surface area (Å²) in [6.45, 7) is -0.619. The van der Waals surface area contributed by atoms with Crippen LogP contribution in [0, 0.1) is 0 Å². The molecule has 1 heterocycles. The summed E-state index contributed by atoms with van der Waals surface area (Å²) in [5.41, 5.74) is 0.403. The number of hydrogen-bond acceptors (Lipinski definition) is 7. The Hall–Kier alpha value is -4.47. The van der Waals surface area contributed by atoms with Crippen LogP contribution in [0.15, 0.2) is 60.8 Å². The summed E-state index contributed by atoms with van der Waals surface area (Å²) in [6, 6.07) is 16.2. The summed E-state index contributed by atoms with van der Waals surface area (Å²) in [7, 11) is 0. The van der Waals surface area contributed by atoms with Crippen molar-refractivity contribution in [3.8, 4) is 17.4 Å². The molecule has 0 spiro atoms. The second-order valence-electron chi connectivity index (χ2n) is 6.29. The Balaban J connectivity index is 1.56. The van der Waals surface area contributed by atoms with Crippen molar-refractivity contribution in [1.82, 2.24) is 15.3 Å². The van der Waals surface area contributed by atoms with E-state index in [-0.39, 0.29) is 17.9 Å². The number of para-hydroxylation sites is 1. The molecule has 0 unspecified atom stereocenters. The first-order chi connectivity index (χ1) is 14.9. The number of carbonyl (C=O) groups is 3. The van der Waals surface area contributed by atoms with Gasteiger partial charge in [0, 0.05) is 6.20 Å². The number of carboxylic acids is 1. The highest BCUT2D eigenvalue weighted by molar-refractivity contribution is 5.97. The van der Waals surface area contributed by atoms with Gasteiger partial charge in [0.05, 0.1) is 6.42 Å². The van der Waals surface area contributed by atoms with E-state index in [0.29, 0.717) is 17.1 Å². The molecular weight excluding hydrogens is 404 g/mol. The molecule has 2 aromatic carbocycles. The van der Waals surface area contributed by atoms with Crippen molar-refractivity contribution in [2.45, 2.75) is 6.42 Å². The number of benzene rings is 2. The molecule has 10 nitrogen and oxygen atoms in total. The van der Waals surface area contributed by atoms with Gasteiger partial charge in [0.1, 0.15) is 23.6 Å². The molecular formula is C21H18N4O6. The summed E-state index contributed by atoms with van der Waals surface area (Å²) in [5.74, 6) is -2.07. The first-order valence-electron chi connectivity index (χ1n) is 9.08. The molecule has 0 bridgehead atoms. The lowest BCUT2D eigenvalue weighted by molar-refractivity contribution is -0.135. The van der Waals surface area contributed by atoms with Crippen LogP contribution in [-0.4, -0.2) is 44.5 Å². The highest BCUT2D eigenvalue weighted by Gasteiger charge is 2.16. The lowest BCUT2D eigenvalue weighted by atomic mass is 10.1. The molecule has 31 heavy (non-hydrogen) atoms. The predicted molar refractivity (Wildman–Crippen MR) is 109 cm³/mol. The Labute approximate surface area is 176 Å². The molecule has 4 N–H and O–H groups in total. The van der Waals surface area contributed by atoms with Gasteiger partial charge in [-0.3, -0.25) is 19.7 Å². The van der Waals surface area contributed by atoms with Gasteiger partial charge in [0.15, 0.2) is 0 Å². The maximum absolute atomic E-state index is 12.2. The molecule has 0 radical (unpaired) electrons. The summed E-state index contributed by atoms with van der Waals surface area (Å²) >= 11 is 0. The van der Waals surface area contributed by atoms with Crippen LogP contribution in [0.2, 0.25) is 0 Å². The standard InChI is InChI=1S/C21H18N4O6/c26-17(10-13-6-8-15(9-7-13)31-14-4-2-1-3-5-14)24-21-23-11-16(20(30)25-21)19(29)22-12-18(27)28/h1-9,11H,10,12H2,(H,22,29)(H,27,28)(H2,23,24,25,26,30). The number of carboxylic acid groups (broad SMARTS) is 1. The van der Waals surface area contributed by atoms with Crippen LogP contribution in [0.4, 0.5) is 5.95 Å². The molecule has 1 aromatic heterocycles. The minimum absolute atomic E-state index is 0.0244. The quantitative estimate of drug-likeness (QED) is 0.430. The van der Waals surface area contributed by atoms with E-state index in [0.717, 1.165) is 6.20 Å². The fourth-order valence-corrected chi connectivity index (χ4v) is 2.50. The van der Waals surface area contributed by atoms with Gasteiger partial charge in [-0.05, 0) is 29.8 Å². The van der Waals surface area contributed by atoms with Gasteiger partial charge < -0.3 is 20.3 Å². The number of nitrogens with one attached hydrogen (secondary N) is 2. The zero-order valence-corrected chi connectivity index (χ0v) is 16.1. The normalized spacial score (nSPS) is 10.2. The van der Waals surface area contributed by atoms with Gasteiger partial charge in [0.25, 0.3) is 5.91 Å². The Kier molecular flexibility index (Phi) is 6.74. The summed E-state index contributed by atoms with van der Waals surface area (Å²) in [6.07, 6.45) is 1.02. The zero-order valence-electron chi connectivity index (χ0n) is 16.1. The van der Waals surface area contributed by atoms with Crippen LogP contribution in [0.5, 0.6) is 17.4 Å². The fourth-order valence-electron chi connectivity index (χ4n) is 2.50. The first kappa shape index (κ1) is 21.2. The van der Waals surface area contributed by atoms with E-state index in [4.69, 9.17) is 9.84 Å². The monoisotopic (exact) mass is 422 g/mol. The van der Waals surface area contributed by atoms with Crippen LogP contribution in [-0.2, 0) is 16.0 Å². The van der Waals surface area contributed by atoms with Gasteiger partial charge in [-0.2, -0.15) is 4.98 Å². The summed E-state index contributed by atoms with van der Waals surface area (Å²) < 4.78 is 5.69. The minimum Gasteiger partial charge on any atom is -0.493 e. The fraction of sp³-hybridized carbons (Fsp3) is 0.0952. The van der Waals surface area contributed by atoms with E-state index in [2.05, 4.69) is 20.6 Å². The number of carbonyl (C=O) groups excluding carboxylic acids is 2. The van der Waals surface area contributed by atoms with Crippen LogP contribution in [0.25, 0.3) is 0 Å². The third-order valence-electron chi connectivity index (χ3n) is 3.93. The summed E-state index contributed by atoms with van der Waals surface area (Å²) in [4.78, 5) is 41.9. The first-order valence-corrected chi connectivity index (χ1v) is 9.08. The molecule has 0 fully saturated rings. The van der Waals surface area contributed by atoms with Crippen LogP contribution in [0.1, 0.15) is 15.9 Å². The van der Waals surface area contributed by atoms with Gasteiger partial charge >= 0.3 is 5.97 Å². The molecule has 0 aliphatic carbocycles. The van der Waals surface area contributed by atoms with Crippen molar-refractivity contribution in [3.05, 3.63) is 71.9 Å². The van der Waals surface area contributed by atoms with Gasteiger partial charge in [0.2, 0.25) is 17.7 Å². The number of aliphatic carboxylic acids is 1. The molecule has 2 amide bonds. The van der Waals surface area contributed by atoms with Crippen LogP contribution in [0.3, 0.4) is 0 Å². The van der Waals surface area contributed by atoms with Gasteiger partial charge in [-0.1, -0.05) is 30.3 Å². The van der Waals surface area contributed by atoms with Crippen molar-refractivity contribution in [3.63, 3.8) is 0 Å². The summed E-state index contributed by atoms with van der Waals surface area (Å²) in [5, 5.41) is 22.9. The lowest BCUT2D eigenvalue weighted by Gasteiger charge is -2.08. The molecule has 0 aliphatic heterocycles. The van der Waals surface area contributed by atoms with Crippen molar-refractivity contribution < 1.29 is 29.3 Å². The highest BCUT2D eigenvalue weighted by Crippen LogP contribution is 2.21. The van der Waals surface area contributed by atoms with E-state index in [9.17, 15) is 19.5 Å². The van der Waals surface area contributed by atoms with E-state index < -0.39 is 30.2 Å². The number of anilines is 1. The Morgan fingerprint density at radius 2 is 1.65 bits per heavy atom. The van der Waals surface area contributed by atoms with Crippen molar-refractivity contribution in [2.24, 2.45) is 0 Å². The Morgan fingerprint density at radius 3 is 2.29 bits per heavy atom. The molecule has 3 rings (SSSR count). The molecule has 0 saturated carbocycles. The number of hydrogen-bond donors (Lipinski definition) is 4. The highest BCUT2D eigenvalue weighted by atomic mass is 16.5. The largest absolute Gasteiger partial charge is 0.493 e. The maximum atomic E-state index is 12.2. The zero-order chi connectivity index (χ0) is 22.2. The number of nitrogens with zero attached hydrogens (tertiary/aromatic N) is 2. The third-order valence-corrected chi connectivity index (χ3v) is 3.93. The maximum Gasteiger partial charge on any atom is 0.322 e. The average Bonchev–Trinajstić information content (AvgIpc) is 2.74. The van der Waals surface area contributed by atoms with E-state index in [1.54, 1.807) is 24.3 Å². The van der Waals surface area contributed by atoms with E-state index >= 15 is 0 Å². The third kappa shape index (κ3) is 6.26. The number of amides is 2. The molecule has 0 aliphatic rings. The van der Waals surface area contributed by atoms with Crippen molar-refractivity contribution in [1.29, 1.82) is 0 Å². The van der Waals surface area contributed by atoms with E-state index in [1.807, 2.05) is 30.3 Å². The van der Waals surface area contributed by atoms with Crippen LogP contribution < -0.4 is 15.4 Å². The molecule has 10 heteroatoms. The lowest BCUT2D eigenvalue weighted by Crippen LogP contribution is -2.29. The number of ether oxygens (including phenoxy) is 1. The molecule has 0 saturated heterocycles. The topological polar surface area (TPSA) is 151 Å². The average molecular weight is 422 g/mol. The predicted octanol–water partition coefficient (Wildman–Crippen LogP) is 1.97. The van der Waals surface area contributed by atoms with Gasteiger partial charge in [-0.15, -0.1) is 0 Å².